The van der Waals surface area contributed by atoms with Crippen molar-refractivity contribution in [1.82, 2.24) is 5.32 Å². The minimum absolute atomic E-state index is 0. The Labute approximate surface area is 102 Å². The highest BCUT2D eigenvalue weighted by atomic mass is 35.5. The number of ether oxygens (including phenoxy) is 1. The van der Waals surface area contributed by atoms with Gasteiger partial charge in [-0.3, -0.25) is 4.79 Å². The number of hydrogen-bond acceptors (Lipinski definition) is 3. The summed E-state index contributed by atoms with van der Waals surface area (Å²) in [7, 11) is 0. The van der Waals surface area contributed by atoms with Gasteiger partial charge in [0, 0.05) is 6.54 Å². The number of esters is 1. The number of carbonyl (C=O) groups excluding carboxylic acids is 1. The number of halogens is 1. The zero-order chi connectivity index (χ0) is 10.5. The number of nitrogens with one attached hydrogen (secondary N) is 1. The second-order valence-corrected chi connectivity index (χ2v) is 3.78. The van der Waals surface area contributed by atoms with Crippen LogP contribution in [0.2, 0.25) is 0 Å². The van der Waals surface area contributed by atoms with Crippen molar-refractivity contribution in [2.45, 2.75) is 13.0 Å². The molecule has 2 rings (SSSR count). The Morgan fingerprint density at radius 3 is 2.75 bits per heavy atom. The van der Waals surface area contributed by atoms with E-state index in [0.29, 0.717) is 6.61 Å². The SMILES string of the molecule is Cl.O=C(OCc1ccccc1)[C@@H]1CCNC1. The van der Waals surface area contributed by atoms with Crippen LogP contribution in [0, 0.1) is 5.92 Å². The van der Waals surface area contributed by atoms with E-state index < -0.39 is 0 Å². The van der Waals surface area contributed by atoms with Gasteiger partial charge in [0.2, 0.25) is 0 Å². The maximum atomic E-state index is 11.6. The molecule has 1 aliphatic heterocycles. The summed E-state index contributed by atoms with van der Waals surface area (Å²) in [5.74, 6) is -0.0300. The molecule has 0 radical (unpaired) electrons. The lowest BCUT2D eigenvalue weighted by Crippen LogP contribution is -2.20. The molecule has 0 bridgehead atoms. The zero-order valence-corrected chi connectivity index (χ0v) is 9.83. The van der Waals surface area contributed by atoms with Crippen molar-refractivity contribution >= 4 is 18.4 Å². The average Bonchev–Trinajstić information content (AvgIpc) is 2.81. The second-order valence-electron chi connectivity index (χ2n) is 3.78. The first-order chi connectivity index (χ1) is 7.36. The zero-order valence-electron chi connectivity index (χ0n) is 9.02. The molecule has 1 N–H and O–H groups in total. The van der Waals surface area contributed by atoms with Crippen molar-refractivity contribution in [3.8, 4) is 0 Å². The molecule has 1 atom stereocenters. The first-order valence-electron chi connectivity index (χ1n) is 5.27. The van der Waals surface area contributed by atoms with Crippen LogP contribution in [0.5, 0.6) is 0 Å². The normalized spacial score (nSPS) is 18.9. The van der Waals surface area contributed by atoms with E-state index in [-0.39, 0.29) is 24.3 Å². The first-order valence-corrected chi connectivity index (χ1v) is 5.27. The van der Waals surface area contributed by atoms with Gasteiger partial charge in [-0.05, 0) is 18.5 Å². The van der Waals surface area contributed by atoms with Crippen LogP contribution in [0.3, 0.4) is 0 Å². The summed E-state index contributed by atoms with van der Waals surface area (Å²) in [5.41, 5.74) is 1.04. The molecule has 1 saturated heterocycles. The number of benzene rings is 1. The van der Waals surface area contributed by atoms with Crippen LogP contribution >= 0.6 is 12.4 Å². The van der Waals surface area contributed by atoms with E-state index in [0.717, 1.165) is 25.1 Å². The van der Waals surface area contributed by atoms with Crippen LogP contribution in [-0.4, -0.2) is 19.1 Å². The molecule has 1 aromatic carbocycles. The van der Waals surface area contributed by atoms with Crippen LogP contribution in [0.1, 0.15) is 12.0 Å². The molecule has 1 aliphatic rings. The van der Waals surface area contributed by atoms with Crippen molar-refractivity contribution in [2.24, 2.45) is 5.92 Å². The fourth-order valence-electron chi connectivity index (χ4n) is 1.70. The van der Waals surface area contributed by atoms with Crippen LogP contribution in [0.4, 0.5) is 0 Å². The van der Waals surface area contributed by atoms with Crippen molar-refractivity contribution in [2.75, 3.05) is 13.1 Å². The van der Waals surface area contributed by atoms with Gasteiger partial charge >= 0.3 is 5.97 Å². The van der Waals surface area contributed by atoms with Crippen molar-refractivity contribution < 1.29 is 9.53 Å². The summed E-state index contributed by atoms with van der Waals surface area (Å²) in [5, 5.41) is 3.15. The molecule has 1 aromatic rings. The van der Waals surface area contributed by atoms with Gasteiger partial charge in [-0.15, -0.1) is 12.4 Å². The molecule has 0 saturated carbocycles. The van der Waals surface area contributed by atoms with Crippen LogP contribution in [0.25, 0.3) is 0 Å². The summed E-state index contributed by atoms with van der Waals surface area (Å²) in [6.45, 7) is 2.06. The van der Waals surface area contributed by atoms with Crippen molar-refractivity contribution in [1.29, 1.82) is 0 Å². The van der Waals surface area contributed by atoms with Crippen LogP contribution in [-0.2, 0) is 16.1 Å². The first kappa shape index (κ1) is 13.0. The van der Waals surface area contributed by atoms with Gasteiger partial charge in [-0.1, -0.05) is 30.3 Å². The quantitative estimate of drug-likeness (QED) is 0.820. The number of carbonyl (C=O) groups is 1. The largest absolute Gasteiger partial charge is 0.461 e. The highest BCUT2D eigenvalue weighted by molar-refractivity contribution is 5.85. The molecule has 1 heterocycles. The fraction of sp³-hybridized carbons (Fsp3) is 0.417. The molecular weight excluding hydrogens is 226 g/mol. The van der Waals surface area contributed by atoms with Gasteiger partial charge in [-0.25, -0.2) is 0 Å². The summed E-state index contributed by atoms with van der Waals surface area (Å²) in [6, 6.07) is 9.76. The van der Waals surface area contributed by atoms with Crippen molar-refractivity contribution in [3.63, 3.8) is 0 Å². The lowest BCUT2D eigenvalue weighted by Gasteiger charge is -2.08. The van der Waals surface area contributed by atoms with Gasteiger partial charge in [-0.2, -0.15) is 0 Å². The third-order valence-electron chi connectivity index (χ3n) is 2.62. The Balaban J connectivity index is 0.00000128. The molecule has 0 aliphatic carbocycles. The highest BCUT2D eigenvalue weighted by Crippen LogP contribution is 2.11. The molecule has 16 heavy (non-hydrogen) atoms. The monoisotopic (exact) mass is 241 g/mol. The van der Waals surface area contributed by atoms with Gasteiger partial charge in [0.25, 0.3) is 0 Å². The minimum atomic E-state index is -0.0798. The summed E-state index contributed by atoms with van der Waals surface area (Å²) in [6.07, 6.45) is 0.896. The Hall–Kier alpha value is -1.06. The second kappa shape index (κ2) is 6.51. The fourth-order valence-corrected chi connectivity index (χ4v) is 1.70. The standard InChI is InChI=1S/C12H15NO2.ClH/c14-12(11-6-7-13-8-11)15-9-10-4-2-1-3-5-10;/h1-5,11,13H,6-9H2;1H/t11-;/m1./s1. The van der Waals surface area contributed by atoms with E-state index in [1.54, 1.807) is 0 Å². The number of hydrogen-bond donors (Lipinski definition) is 1. The van der Waals surface area contributed by atoms with E-state index in [1.165, 1.54) is 0 Å². The average molecular weight is 242 g/mol. The molecule has 88 valence electrons. The predicted octanol–water partition coefficient (Wildman–Crippen LogP) is 1.76. The van der Waals surface area contributed by atoms with Crippen LogP contribution in [0.15, 0.2) is 30.3 Å². The summed E-state index contributed by atoms with van der Waals surface area (Å²) in [4.78, 5) is 11.6. The van der Waals surface area contributed by atoms with E-state index in [4.69, 9.17) is 4.74 Å². The van der Waals surface area contributed by atoms with Crippen LogP contribution < -0.4 is 5.32 Å². The molecule has 4 heteroatoms. The summed E-state index contributed by atoms with van der Waals surface area (Å²) >= 11 is 0. The van der Waals surface area contributed by atoms with Gasteiger partial charge in [0.15, 0.2) is 0 Å². The van der Waals surface area contributed by atoms with Crippen molar-refractivity contribution in [3.05, 3.63) is 35.9 Å². The van der Waals surface area contributed by atoms with E-state index >= 15 is 0 Å². The Kier molecular flexibility index (Phi) is 5.29. The summed E-state index contributed by atoms with van der Waals surface area (Å²) < 4.78 is 5.23. The lowest BCUT2D eigenvalue weighted by molar-refractivity contribution is -0.149. The molecule has 0 unspecified atom stereocenters. The van der Waals surface area contributed by atoms with E-state index in [2.05, 4.69) is 5.32 Å². The molecule has 0 spiro atoms. The number of rotatable bonds is 3. The minimum Gasteiger partial charge on any atom is -0.461 e. The third kappa shape index (κ3) is 3.51. The van der Waals surface area contributed by atoms with E-state index in [9.17, 15) is 4.79 Å². The van der Waals surface area contributed by atoms with Gasteiger partial charge < -0.3 is 10.1 Å². The molecular formula is C12H16ClNO2. The Morgan fingerprint density at radius 2 is 2.12 bits per heavy atom. The molecule has 0 aromatic heterocycles. The Bertz CT molecular complexity index is 323. The lowest BCUT2D eigenvalue weighted by atomic mass is 10.1. The predicted molar refractivity (Wildman–Crippen MR) is 64.5 cm³/mol. The topological polar surface area (TPSA) is 38.3 Å². The maximum absolute atomic E-state index is 11.6. The Morgan fingerprint density at radius 1 is 1.38 bits per heavy atom. The third-order valence-corrected chi connectivity index (χ3v) is 2.62. The van der Waals surface area contributed by atoms with E-state index in [1.807, 2.05) is 30.3 Å². The molecule has 0 amide bonds. The molecule has 3 nitrogen and oxygen atoms in total. The highest BCUT2D eigenvalue weighted by Gasteiger charge is 2.23. The van der Waals surface area contributed by atoms with Gasteiger partial charge in [0.05, 0.1) is 5.92 Å². The maximum Gasteiger partial charge on any atom is 0.310 e. The molecule has 1 fully saturated rings. The smallest absolute Gasteiger partial charge is 0.310 e. The van der Waals surface area contributed by atoms with Gasteiger partial charge in [0.1, 0.15) is 6.61 Å².